The van der Waals surface area contributed by atoms with E-state index in [0.717, 1.165) is 10.7 Å². The Bertz CT molecular complexity index is 526. The molecule has 0 aliphatic carbocycles. The van der Waals surface area contributed by atoms with Crippen LogP contribution in [0.5, 0.6) is 0 Å². The second-order valence-corrected chi connectivity index (χ2v) is 6.30. The molecule has 1 aliphatic rings. The third kappa shape index (κ3) is 2.83. The minimum absolute atomic E-state index is 0.0514. The fraction of sp³-hybridized carbons (Fsp3) is 0.615. The normalized spacial score (nSPS) is 19.0. The molecule has 2 heterocycles. The minimum atomic E-state index is -0.437. The van der Waals surface area contributed by atoms with Crippen LogP contribution in [-0.4, -0.2) is 66.4 Å². The van der Waals surface area contributed by atoms with Crippen molar-refractivity contribution in [2.24, 2.45) is 0 Å². The molecule has 1 saturated heterocycles. The van der Waals surface area contributed by atoms with Crippen molar-refractivity contribution >= 4 is 23.2 Å². The van der Waals surface area contributed by atoms with Gasteiger partial charge in [-0.1, -0.05) is 0 Å². The van der Waals surface area contributed by atoms with Gasteiger partial charge in [0, 0.05) is 33.7 Å². The Morgan fingerprint density at radius 2 is 2.10 bits per heavy atom. The molecular weight excluding hydrogens is 276 g/mol. The number of hydrogen-bond donors (Lipinski definition) is 1. The number of piperazine rings is 1. The summed E-state index contributed by atoms with van der Waals surface area (Å²) in [5, 5.41) is 4.04. The number of nitrogens with one attached hydrogen (secondary N) is 1. The Kier molecular flexibility index (Phi) is 4.39. The van der Waals surface area contributed by atoms with Gasteiger partial charge in [-0.05, 0) is 13.8 Å². The predicted molar refractivity (Wildman–Crippen MR) is 78.0 cm³/mol. The first-order chi connectivity index (χ1) is 9.41. The molecule has 2 amide bonds. The molecule has 1 unspecified atom stereocenters. The molecule has 0 bridgehead atoms. The topological polar surface area (TPSA) is 65.5 Å². The number of hydrogen-bond acceptors (Lipinski definition) is 5. The van der Waals surface area contributed by atoms with Crippen molar-refractivity contribution in [2.75, 3.05) is 33.7 Å². The van der Waals surface area contributed by atoms with Crippen LogP contribution in [0, 0.1) is 13.8 Å². The van der Waals surface area contributed by atoms with Crippen molar-refractivity contribution in [3.05, 3.63) is 15.6 Å². The summed E-state index contributed by atoms with van der Waals surface area (Å²) in [6, 6.07) is -0.437. The van der Waals surface area contributed by atoms with E-state index >= 15 is 0 Å². The lowest BCUT2D eigenvalue weighted by atomic mass is 10.1. The number of amides is 2. The van der Waals surface area contributed by atoms with Crippen molar-refractivity contribution in [1.82, 2.24) is 20.1 Å². The van der Waals surface area contributed by atoms with E-state index in [-0.39, 0.29) is 11.8 Å². The summed E-state index contributed by atoms with van der Waals surface area (Å²) in [5.41, 5.74) is 0.743. The number of carbonyl (C=O) groups excluding carboxylic acids is 2. The van der Waals surface area contributed by atoms with Gasteiger partial charge < -0.3 is 15.1 Å². The smallest absolute Gasteiger partial charge is 0.266 e. The molecule has 1 atom stereocenters. The molecule has 0 spiro atoms. The lowest BCUT2D eigenvalue weighted by Gasteiger charge is -2.36. The van der Waals surface area contributed by atoms with E-state index in [1.165, 1.54) is 16.2 Å². The van der Waals surface area contributed by atoms with E-state index < -0.39 is 6.04 Å². The molecule has 1 fully saturated rings. The maximum absolute atomic E-state index is 12.7. The van der Waals surface area contributed by atoms with Crippen molar-refractivity contribution < 1.29 is 9.59 Å². The Balaban J connectivity index is 2.26. The van der Waals surface area contributed by atoms with Gasteiger partial charge in [0.1, 0.15) is 10.9 Å². The minimum Gasteiger partial charge on any atom is -0.347 e. The summed E-state index contributed by atoms with van der Waals surface area (Å²) < 4.78 is 0. The van der Waals surface area contributed by atoms with E-state index in [9.17, 15) is 9.59 Å². The fourth-order valence-corrected chi connectivity index (χ4v) is 3.20. The monoisotopic (exact) mass is 296 g/mol. The molecule has 0 aromatic carbocycles. The van der Waals surface area contributed by atoms with E-state index in [4.69, 9.17) is 0 Å². The Labute approximate surface area is 122 Å². The van der Waals surface area contributed by atoms with Crippen molar-refractivity contribution in [3.63, 3.8) is 0 Å². The van der Waals surface area contributed by atoms with Crippen molar-refractivity contribution in [1.29, 1.82) is 0 Å². The average molecular weight is 296 g/mol. The first kappa shape index (κ1) is 14.9. The number of likely N-dealkylation sites (N-methyl/N-ethyl adjacent to an activating group) is 1. The third-order valence-corrected chi connectivity index (χ3v) is 4.39. The van der Waals surface area contributed by atoms with Gasteiger partial charge in [0.15, 0.2) is 0 Å². The summed E-state index contributed by atoms with van der Waals surface area (Å²) in [5.74, 6) is -0.140. The average Bonchev–Trinajstić information content (AvgIpc) is 2.76. The largest absolute Gasteiger partial charge is 0.347 e. The lowest BCUT2D eigenvalue weighted by Crippen LogP contribution is -2.59. The molecule has 7 heteroatoms. The summed E-state index contributed by atoms with van der Waals surface area (Å²) in [6.07, 6.45) is 0. The van der Waals surface area contributed by atoms with Gasteiger partial charge in [-0.15, -0.1) is 11.3 Å². The molecule has 1 aromatic heterocycles. The molecule has 0 radical (unpaired) electrons. The van der Waals surface area contributed by atoms with E-state index in [0.29, 0.717) is 24.5 Å². The predicted octanol–water partition coefficient (Wildman–Crippen LogP) is 0.262. The van der Waals surface area contributed by atoms with Crippen LogP contribution >= 0.6 is 11.3 Å². The maximum Gasteiger partial charge on any atom is 0.266 e. The number of aromatic nitrogens is 1. The number of rotatable bonds is 2. The van der Waals surface area contributed by atoms with E-state index in [1.54, 1.807) is 19.0 Å². The number of carbonyl (C=O) groups is 2. The van der Waals surface area contributed by atoms with E-state index in [1.807, 2.05) is 13.8 Å². The molecule has 1 N–H and O–H groups in total. The molecule has 1 aliphatic heterocycles. The molecule has 2 rings (SSSR count). The fourth-order valence-electron chi connectivity index (χ4n) is 2.33. The van der Waals surface area contributed by atoms with Crippen LogP contribution in [0.1, 0.15) is 20.4 Å². The second kappa shape index (κ2) is 5.88. The first-order valence-electron chi connectivity index (χ1n) is 6.58. The Morgan fingerprint density at radius 3 is 2.65 bits per heavy atom. The SMILES string of the molecule is Cc1nc(C)c(C(=O)N2CCNCC2C(=O)N(C)C)s1. The summed E-state index contributed by atoms with van der Waals surface area (Å²) in [4.78, 5) is 33.0. The maximum atomic E-state index is 12.7. The van der Waals surface area contributed by atoms with E-state index in [2.05, 4.69) is 10.3 Å². The molecule has 20 heavy (non-hydrogen) atoms. The molecule has 0 saturated carbocycles. The standard InChI is InChI=1S/C13H20N4O2S/c1-8-11(20-9(2)15-8)13(19)17-6-5-14-7-10(17)12(18)16(3)4/h10,14H,5-7H2,1-4H3. The third-order valence-electron chi connectivity index (χ3n) is 3.33. The molecule has 110 valence electrons. The van der Waals surface area contributed by atoms with Crippen LogP contribution in [0.4, 0.5) is 0 Å². The summed E-state index contributed by atoms with van der Waals surface area (Å²) >= 11 is 1.39. The van der Waals surface area contributed by atoms with Gasteiger partial charge in [0.2, 0.25) is 5.91 Å². The van der Waals surface area contributed by atoms with Gasteiger partial charge in [-0.25, -0.2) is 4.98 Å². The summed E-state index contributed by atoms with van der Waals surface area (Å²) in [7, 11) is 3.42. The van der Waals surface area contributed by atoms with Crippen molar-refractivity contribution in [2.45, 2.75) is 19.9 Å². The number of nitrogens with zero attached hydrogens (tertiary/aromatic N) is 3. The van der Waals surface area contributed by atoms with Crippen molar-refractivity contribution in [3.8, 4) is 0 Å². The summed E-state index contributed by atoms with van der Waals surface area (Å²) in [6.45, 7) is 5.47. The van der Waals surface area contributed by atoms with Crippen LogP contribution in [0.25, 0.3) is 0 Å². The van der Waals surface area contributed by atoms with Crippen LogP contribution < -0.4 is 5.32 Å². The zero-order chi connectivity index (χ0) is 14.9. The van der Waals surface area contributed by atoms with Crippen LogP contribution in [0.2, 0.25) is 0 Å². The molecule has 6 nitrogen and oxygen atoms in total. The van der Waals surface area contributed by atoms with Gasteiger partial charge in [0.05, 0.1) is 10.7 Å². The lowest BCUT2D eigenvalue weighted by molar-refractivity contribution is -0.134. The zero-order valence-electron chi connectivity index (χ0n) is 12.3. The zero-order valence-corrected chi connectivity index (χ0v) is 13.1. The highest BCUT2D eigenvalue weighted by Gasteiger charge is 2.34. The van der Waals surface area contributed by atoms with Gasteiger partial charge in [-0.3, -0.25) is 9.59 Å². The highest BCUT2D eigenvalue weighted by molar-refractivity contribution is 7.13. The highest BCUT2D eigenvalue weighted by atomic mass is 32.1. The Morgan fingerprint density at radius 1 is 1.40 bits per heavy atom. The van der Waals surface area contributed by atoms with Gasteiger partial charge in [-0.2, -0.15) is 0 Å². The van der Waals surface area contributed by atoms with Crippen LogP contribution in [0.3, 0.4) is 0 Å². The number of thiazole rings is 1. The molecular formula is C13H20N4O2S. The molecule has 1 aromatic rings. The van der Waals surface area contributed by atoms with Crippen LogP contribution in [-0.2, 0) is 4.79 Å². The van der Waals surface area contributed by atoms with Gasteiger partial charge in [0.25, 0.3) is 5.91 Å². The van der Waals surface area contributed by atoms with Gasteiger partial charge >= 0.3 is 0 Å². The quantitative estimate of drug-likeness (QED) is 0.850. The highest BCUT2D eigenvalue weighted by Crippen LogP contribution is 2.21. The van der Waals surface area contributed by atoms with Crippen LogP contribution in [0.15, 0.2) is 0 Å². The Hall–Kier alpha value is -1.47. The number of aryl methyl sites for hydroxylation is 2. The first-order valence-corrected chi connectivity index (χ1v) is 7.40. The second-order valence-electron chi connectivity index (χ2n) is 5.10.